The highest BCUT2D eigenvalue weighted by Crippen LogP contribution is 2.28. The topological polar surface area (TPSA) is 182 Å². The number of nitrogens with two attached hydrogens (primary N) is 1. The Bertz CT molecular complexity index is 1660. The minimum Gasteiger partial charge on any atom is -0.465 e. The second kappa shape index (κ2) is 16.0. The smallest absolute Gasteiger partial charge is 0.329 e. The molecule has 4 heterocycles. The highest BCUT2D eigenvalue weighted by atomic mass is 33.1. The van der Waals surface area contributed by atoms with Gasteiger partial charge in [0, 0.05) is 28.9 Å². The van der Waals surface area contributed by atoms with Crippen molar-refractivity contribution in [2.24, 2.45) is 0 Å². The largest absolute Gasteiger partial charge is 0.465 e. The van der Waals surface area contributed by atoms with Crippen LogP contribution in [0.2, 0.25) is 0 Å². The number of carbonyl (C=O) groups excluding carboxylic acids is 3. The number of nitrogens with zero attached hydrogens (tertiary/aromatic N) is 2. The Kier molecular flexibility index (Phi) is 12.1. The monoisotopic (exact) mass is 672 g/mol. The molecule has 240 valence electrons. The van der Waals surface area contributed by atoms with Gasteiger partial charge in [-0.2, -0.15) is 4.98 Å². The molecule has 0 aliphatic carbocycles. The Labute approximate surface area is 272 Å². The zero-order valence-electron chi connectivity index (χ0n) is 25.2. The second-order valence-electron chi connectivity index (χ2n) is 11.0. The van der Waals surface area contributed by atoms with Crippen molar-refractivity contribution in [2.75, 3.05) is 18.1 Å². The van der Waals surface area contributed by atoms with E-state index in [-0.39, 0.29) is 31.0 Å². The fourth-order valence-electron chi connectivity index (χ4n) is 4.19. The van der Waals surface area contributed by atoms with Crippen molar-refractivity contribution in [3.05, 3.63) is 68.4 Å². The van der Waals surface area contributed by atoms with E-state index in [1.807, 2.05) is 24.3 Å². The third-order valence-electron chi connectivity index (χ3n) is 6.17. The van der Waals surface area contributed by atoms with Crippen LogP contribution in [0.3, 0.4) is 0 Å². The van der Waals surface area contributed by atoms with Crippen LogP contribution >= 0.6 is 32.9 Å². The van der Waals surface area contributed by atoms with Crippen molar-refractivity contribution < 1.29 is 23.9 Å². The van der Waals surface area contributed by atoms with E-state index in [9.17, 15) is 19.2 Å². The molecule has 0 aliphatic heterocycles. The average molecular weight is 673 g/mol. The van der Waals surface area contributed by atoms with E-state index in [0.29, 0.717) is 34.5 Å². The number of aromatic nitrogens is 4. The number of pyridine rings is 1. The molecular formula is C30H36N6O6S3. The van der Waals surface area contributed by atoms with Gasteiger partial charge in [-0.15, -0.1) is 11.3 Å². The molecule has 0 aliphatic rings. The number of nitrogen functional groups attached to an aromatic ring is 1. The number of carbonyl (C=O) groups is 3. The standard InChI is InChI=1S/C30H36N6O6S3/c1-30(2,3)42-28(40)21(11-13-24(37)41-15-16-43-45-23-9-4-5-14-32-23)34-27(39)22-12-10-19(44-22)8-6-7-18-17-20-25(33-18)35-29(31)36-26(20)38/h4-5,9-10,12,14,17,21H,6-8,11,13,15-16H2,1-3H3,(H,34,39)(H4,31,33,35,36,38)/t21-/m0/s1. The van der Waals surface area contributed by atoms with Crippen molar-refractivity contribution in [2.45, 2.75) is 69.5 Å². The molecule has 0 spiro atoms. The van der Waals surface area contributed by atoms with Gasteiger partial charge in [-0.3, -0.25) is 19.4 Å². The van der Waals surface area contributed by atoms with Gasteiger partial charge in [-0.25, -0.2) is 9.78 Å². The molecule has 0 saturated carbocycles. The number of fused-ring (bicyclic) bond motifs is 1. The first-order valence-corrected chi connectivity index (χ1v) is 17.5. The lowest BCUT2D eigenvalue weighted by Gasteiger charge is -2.24. The number of thiophene rings is 1. The first-order valence-electron chi connectivity index (χ1n) is 14.3. The maximum Gasteiger partial charge on any atom is 0.329 e. The molecule has 4 aromatic rings. The second-order valence-corrected chi connectivity index (χ2v) is 14.6. The van der Waals surface area contributed by atoms with Crippen LogP contribution in [0.4, 0.5) is 5.95 Å². The lowest BCUT2D eigenvalue weighted by atomic mass is 10.1. The molecule has 1 atom stereocenters. The summed E-state index contributed by atoms with van der Waals surface area (Å²) in [5.41, 5.74) is 5.87. The Balaban J connectivity index is 1.25. The molecule has 0 fully saturated rings. The molecule has 0 saturated heterocycles. The minimum absolute atomic E-state index is 0.0430. The molecule has 0 bridgehead atoms. The van der Waals surface area contributed by atoms with Crippen LogP contribution in [0.5, 0.6) is 0 Å². The number of ether oxygens (including phenoxy) is 2. The number of amides is 1. The number of anilines is 1. The number of rotatable bonds is 15. The van der Waals surface area contributed by atoms with Gasteiger partial charge in [0.1, 0.15) is 28.9 Å². The Morgan fingerprint density at radius 1 is 1.13 bits per heavy atom. The molecule has 0 radical (unpaired) electrons. The van der Waals surface area contributed by atoms with E-state index >= 15 is 0 Å². The number of H-pyrrole nitrogens is 2. The predicted molar refractivity (Wildman–Crippen MR) is 177 cm³/mol. The van der Waals surface area contributed by atoms with Gasteiger partial charge in [0.25, 0.3) is 11.5 Å². The molecule has 15 heteroatoms. The fourth-order valence-corrected chi connectivity index (χ4v) is 6.85. The van der Waals surface area contributed by atoms with Crippen LogP contribution in [0, 0.1) is 0 Å². The number of aromatic amines is 2. The summed E-state index contributed by atoms with van der Waals surface area (Å²) in [6, 6.07) is 9.99. The van der Waals surface area contributed by atoms with Crippen molar-refractivity contribution in [1.29, 1.82) is 0 Å². The van der Waals surface area contributed by atoms with Crippen molar-refractivity contribution in [3.63, 3.8) is 0 Å². The number of esters is 2. The van der Waals surface area contributed by atoms with Gasteiger partial charge in [0.15, 0.2) is 0 Å². The van der Waals surface area contributed by atoms with E-state index in [2.05, 4.69) is 25.3 Å². The number of hydrogen-bond donors (Lipinski definition) is 4. The lowest BCUT2D eigenvalue weighted by Crippen LogP contribution is -2.44. The summed E-state index contributed by atoms with van der Waals surface area (Å²) in [5.74, 6) is -0.860. The number of aryl methyl sites for hydroxylation is 2. The summed E-state index contributed by atoms with van der Waals surface area (Å²) >= 11 is 1.33. The average Bonchev–Trinajstić information content (AvgIpc) is 3.62. The first kappa shape index (κ1) is 34.1. The maximum atomic E-state index is 13.1. The Morgan fingerprint density at radius 3 is 2.71 bits per heavy atom. The molecule has 12 nitrogen and oxygen atoms in total. The van der Waals surface area contributed by atoms with Crippen molar-refractivity contribution >= 4 is 67.8 Å². The SMILES string of the molecule is CC(C)(C)OC(=O)[C@H](CCC(=O)OCCSSc1ccccn1)NC(=O)c1ccc(CCCc2cc3c(=O)[nH]c(N)nc3[nH]2)s1. The summed E-state index contributed by atoms with van der Waals surface area (Å²) in [7, 11) is 3.02. The third kappa shape index (κ3) is 10.9. The van der Waals surface area contributed by atoms with Crippen LogP contribution in [-0.2, 0) is 31.9 Å². The molecule has 4 rings (SSSR count). The quantitative estimate of drug-likeness (QED) is 0.0782. The Morgan fingerprint density at radius 2 is 1.96 bits per heavy atom. The van der Waals surface area contributed by atoms with Crippen LogP contribution in [0.25, 0.3) is 11.0 Å². The minimum atomic E-state index is -1.02. The number of nitrogens with one attached hydrogen (secondary N) is 3. The van der Waals surface area contributed by atoms with Gasteiger partial charge in [-0.05, 0) is 87.6 Å². The maximum absolute atomic E-state index is 13.1. The van der Waals surface area contributed by atoms with Gasteiger partial charge in [-0.1, -0.05) is 16.9 Å². The van der Waals surface area contributed by atoms with Crippen molar-refractivity contribution in [3.8, 4) is 0 Å². The van der Waals surface area contributed by atoms with Crippen molar-refractivity contribution in [1.82, 2.24) is 25.3 Å². The van der Waals surface area contributed by atoms with E-state index in [1.165, 1.54) is 32.9 Å². The lowest BCUT2D eigenvalue weighted by molar-refractivity contribution is -0.157. The summed E-state index contributed by atoms with van der Waals surface area (Å²) in [6.45, 7) is 5.44. The first-order chi connectivity index (χ1) is 21.5. The molecular weight excluding hydrogens is 637 g/mol. The summed E-state index contributed by atoms with van der Waals surface area (Å²) in [5, 5.41) is 4.07. The van der Waals surface area contributed by atoms with E-state index in [4.69, 9.17) is 15.2 Å². The number of hydrogen-bond acceptors (Lipinski definition) is 12. The van der Waals surface area contributed by atoms with Gasteiger partial charge < -0.3 is 25.5 Å². The molecule has 5 N–H and O–H groups in total. The van der Waals surface area contributed by atoms with Gasteiger partial charge >= 0.3 is 11.9 Å². The molecule has 0 aromatic carbocycles. The van der Waals surface area contributed by atoms with Crippen LogP contribution in [-0.4, -0.2) is 61.8 Å². The fraction of sp³-hybridized carbons (Fsp3) is 0.400. The van der Waals surface area contributed by atoms with Crippen LogP contribution < -0.4 is 16.6 Å². The summed E-state index contributed by atoms with van der Waals surface area (Å²) < 4.78 is 10.8. The molecule has 4 aromatic heterocycles. The van der Waals surface area contributed by atoms with Gasteiger partial charge in [0.05, 0.1) is 10.3 Å². The van der Waals surface area contributed by atoms with Gasteiger partial charge in [0.2, 0.25) is 5.95 Å². The van der Waals surface area contributed by atoms with E-state index < -0.39 is 29.5 Å². The zero-order chi connectivity index (χ0) is 32.4. The summed E-state index contributed by atoms with van der Waals surface area (Å²) in [4.78, 5) is 65.9. The van der Waals surface area contributed by atoms with Crippen LogP contribution in [0.1, 0.15) is 60.3 Å². The highest BCUT2D eigenvalue weighted by Gasteiger charge is 2.28. The molecule has 1 amide bonds. The predicted octanol–water partition coefficient (Wildman–Crippen LogP) is 4.67. The van der Waals surface area contributed by atoms with E-state index in [1.54, 1.807) is 39.1 Å². The Hall–Kier alpha value is -3.82. The van der Waals surface area contributed by atoms with Crippen LogP contribution in [0.15, 0.2) is 52.4 Å². The zero-order valence-corrected chi connectivity index (χ0v) is 27.7. The normalized spacial score (nSPS) is 12.2. The highest BCUT2D eigenvalue weighted by molar-refractivity contribution is 8.76. The van der Waals surface area contributed by atoms with E-state index in [0.717, 1.165) is 22.0 Å². The molecule has 45 heavy (non-hydrogen) atoms. The third-order valence-corrected chi connectivity index (χ3v) is 9.54. The summed E-state index contributed by atoms with van der Waals surface area (Å²) in [6.07, 6.45) is 3.86. The molecule has 0 unspecified atom stereocenters.